The second-order valence-electron chi connectivity index (χ2n) is 4.07. The Morgan fingerprint density at radius 3 is 2.72 bits per heavy atom. The van der Waals surface area contributed by atoms with Gasteiger partial charge in [-0.15, -0.1) is 11.3 Å². The van der Waals surface area contributed by atoms with E-state index in [1.165, 1.54) is 11.3 Å². The predicted molar refractivity (Wildman–Crippen MR) is 73.2 cm³/mol. The monoisotopic (exact) mass is 264 g/mol. The van der Waals surface area contributed by atoms with Crippen LogP contribution in [0.15, 0.2) is 18.2 Å². The molecule has 0 aliphatic carbocycles. The van der Waals surface area contributed by atoms with Crippen molar-refractivity contribution < 1.29 is 9.90 Å². The van der Waals surface area contributed by atoms with Crippen LogP contribution in [0.3, 0.4) is 0 Å². The lowest BCUT2D eigenvalue weighted by Crippen LogP contribution is -2.22. The topological polar surface area (TPSA) is 53.4 Å². The van der Waals surface area contributed by atoms with Gasteiger partial charge in [0.05, 0.1) is 5.69 Å². The van der Waals surface area contributed by atoms with E-state index in [-0.39, 0.29) is 0 Å². The number of rotatable bonds is 5. The van der Waals surface area contributed by atoms with Crippen molar-refractivity contribution in [1.82, 2.24) is 9.88 Å². The summed E-state index contributed by atoms with van der Waals surface area (Å²) in [6.45, 7) is 7.02. The molecule has 4 nitrogen and oxygen atoms in total. The fraction of sp³-hybridized carbons (Fsp3) is 0.385. The van der Waals surface area contributed by atoms with Crippen molar-refractivity contribution in [2.24, 2.45) is 0 Å². The molecule has 0 radical (unpaired) electrons. The van der Waals surface area contributed by atoms with E-state index in [9.17, 15) is 4.79 Å². The van der Waals surface area contributed by atoms with E-state index >= 15 is 0 Å². The first-order valence-electron chi connectivity index (χ1n) is 5.99. The van der Waals surface area contributed by atoms with Crippen molar-refractivity contribution in [2.45, 2.75) is 20.4 Å². The summed E-state index contributed by atoms with van der Waals surface area (Å²) in [6.07, 6.45) is 0. The SMILES string of the molecule is CCN(CC)Cc1ccc2cc(C(=O)O)sc2n1. The maximum absolute atomic E-state index is 10.9. The Bertz CT molecular complexity index is 561. The zero-order valence-corrected chi connectivity index (χ0v) is 11.3. The van der Waals surface area contributed by atoms with Crippen LogP contribution in [0.5, 0.6) is 0 Å². The molecular weight excluding hydrogens is 248 g/mol. The van der Waals surface area contributed by atoms with Gasteiger partial charge in [-0.25, -0.2) is 9.78 Å². The molecule has 0 spiro atoms. The summed E-state index contributed by atoms with van der Waals surface area (Å²) in [5, 5.41) is 9.85. The average Bonchev–Trinajstić information content (AvgIpc) is 2.79. The quantitative estimate of drug-likeness (QED) is 0.902. The van der Waals surface area contributed by atoms with Crippen LogP contribution in [0, 0.1) is 0 Å². The first-order valence-corrected chi connectivity index (χ1v) is 6.80. The van der Waals surface area contributed by atoms with Gasteiger partial charge in [0, 0.05) is 11.9 Å². The summed E-state index contributed by atoms with van der Waals surface area (Å²) < 4.78 is 0. The summed E-state index contributed by atoms with van der Waals surface area (Å²) in [5.41, 5.74) is 0.991. The third-order valence-corrected chi connectivity index (χ3v) is 3.96. The van der Waals surface area contributed by atoms with Gasteiger partial charge in [0.25, 0.3) is 0 Å². The molecule has 0 amide bonds. The van der Waals surface area contributed by atoms with Crippen LogP contribution in [0.1, 0.15) is 29.2 Å². The van der Waals surface area contributed by atoms with Crippen LogP contribution in [0.25, 0.3) is 10.2 Å². The third kappa shape index (κ3) is 2.68. The molecule has 0 unspecified atom stereocenters. The Morgan fingerprint density at radius 2 is 2.11 bits per heavy atom. The Morgan fingerprint density at radius 1 is 1.39 bits per heavy atom. The minimum atomic E-state index is -0.886. The molecule has 0 aromatic carbocycles. The number of carbonyl (C=O) groups is 1. The third-order valence-electron chi connectivity index (χ3n) is 2.93. The second-order valence-corrected chi connectivity index (χ2v) is 5.10. The molecule has 2 heterocycles. The van der Waals surface area contributed by atoms with Gasteiger partial charge in [-0.1, -0.05) is 19.9 Å². The number of thiophene rings is 1. The van der Waals surface area contributed by atoms with E-state index in [1.54, 1.807) is 6.07 Å². The van der Waals surface area contributed by atoms with E-state index < -0.39 is 5.97 Å². The Balaban J connectivity index is 2.29. The number of hydrogen-bond acceptors (Lipinski definition) is 4. The summed E-state index contributed by atoms with van der Waals surface area (Å²) in [6, 6.07) is 5.60. The van der Waals surface area contributed by atoms with Gasteiger partial charge in [0.1, 0.15) is 9.71 Å². The predicted octanol–water partition coefficient (Wildman–Crippen LogP) is 2.84. The van der Waals surface area contributed by atoms with Crippen molar-refractivity contribution in [3.05, 3.63) is 28.8 Å². The summed E-state index contributed by atoms with van der Waals surface area (Å²) in [7, 11) is 0. The van der Waals surface area contributed by atoms with Gasteiger partial charge in [0.2, 0.25) is 0 Å². The summed E-state index contributed by atoms with van der Waals surface area (Å²) in [5.74, 6) is -0.886. The Kier molecular flexibility index (Phi) is 3.93. The van der Waals surface area contributed by atoms with Gasteiger partial charge in [-0.2, -0.15) is 0 Å². The summed E-state index contributed by atoms with van der Waals surface area (Å²) >= 11 is 1.23. The smallest absolute Gasteiger partial charge is 0.345 e. The molecule has 0 fully saturated rings. The molecule has 0 aliphatic rings. The molecule has 2 aromatic heterocycles. The van der Waals surface area contributed by atoms with Crippen LogP contribution in [0.4, 0.5) is 0 Å². The first-order chi connectivity index (χ1) is 8.63. The fourth-order valence-electron chi connectivity index (χ4n) is 1.83. The molecule has 96 valence electrons. The van der Waals surface area contributed by atoms with Crippen LogP contribution in [-0.4, -0.2) is 34.0 Å². The zero-order valence-electron chi connectivity index (χ0n) is 10.5. The minimum absolute atomic E-state index is 0.345. The first kappa shape index (κ1) is 13.0. The molecule has 2 rings (SSSR count). The molecule has 2 aromatic rings. The lowest BCUT2D eigenvalue weighted by molar-refractivity contribution is 0.0702. The van der Waals surface area contributed by atoms with Crippen LogP contribution < -0.4 is 0 Å². The van der Waals surface area contributed by atoms with E-state index in [1.807, 2.05) is 12.1 Å². The van der Waals surface area contributed by atoms with Crippen molar-refractivity contribution in [2.75, 3.05) is 13.1 Å². The van der Waals surface area contributed by atoms with Crippen LogP contribution >= 0.6 is 11.3 Å². The lowest BCUT2D eigenvalue weighted by Gasteiger charge is -2.17. The highest BCUT2D eigenvalue weighted by molar-refractivity contribution is 7.20. The highest BCUT2D eigenvalue weighted by Crippen LogP contribution is 2.24. The molecule has 0 saturated heterocycles. The highest BCUT2D eigenvalue weighted by atomic mass is 32.1. The normalized spacial score (nSPS) is 11.3. The molecule has 18 heavy (non-hydrogen) atoms. The van der Waals surface area contributed by atoms with Crippen molar-refractivity contribution in [1.29, 1.82) is 0 Å². The van der Waals surface area contributed by atoms with Gasteiger partial charge in [-0.05, 0) is 25.2 Å². The standard InChI is InChI=1S/C13H16N2O2S/c1-3-15(4-2)8-10-6-5-9-7-11(13(16)17)18-12(9)14-10/h5-7H,3-4,8H2,1-2H3,(H,16,17). The number of nitrogens with zero attached hydrogens (tertiary/aromatic N) is 2. The van der Waals surface area contributed by atoms with E-state index in [0.29, 0.717) is 4.88 Å². The van der Waals surface area contributed by atoms with E-state index in [0.717, 1.165) is 35.5 Å². The number of carboxylic acid groups (broad SMARTS) is 1. The number of aromatic carboxylic acids is 1. The van der Waals surface area contributed by atoms with E-state index in [2.05, 4.69) is 23.7 Å². The van der Waals surface area contributed by atoms with Crippen molar-refractivity contribution >= 4 is 27.5 Å². The van der Waals surface area contributed by atoms with Gasteiger partial charge < -0.3 is 5.11 Å². The lowest BCUT2D eigenvalue weighted by atomic mass is 10.2. The largest absolute Gasteiger partial charge is 0.477 e. The van der Waals surface area contributed by atoms with Crippen LogP contribution in [0.2, 0.25) is 0 Å². The van der Waals surface area contributed by atoms with Gasteiger partial charge >= 0.3 is 5.97 Å². The Labute approximate surface area is 110 Å². The molecule has 0 saturated carbocycles. The molecule has 0 atom stereocenters. The minimum Gasteiger partial charge on any atom is -0.477 e. The fourth-order valence-corrected chi connectivity index (χ4v) is 2.71. The molecule has 5 heteroatoms. The molecule has 0 aliphatic heterocycles. The van der Waals surface area contributed by atoms with Crippen molar-refractivity contribution in [3.63, 3.8) is 0 Å². The van der Waals surface area contributed by atoms with Gasteiger partial charge in [0.15, 0.2) is 0 Å². The maximum Gasteiger partial charge on any atom is 0.345 e. The van der Waals surface area contributed by atoms with Crippen molar-refractivity contribution in [3.8, 4) is 0 Å². The zero-order chi connectivity index (χ0) is 13.1. The average molecular weight is 264 g/mol. The number of hydrogen-bond donors (Lipinski definition) is 1. The van der Waals surface area contributed by atoms with Crippen LogP contribution in [-0.2, 0) is 6.54 Å². The second kappa shape index (κ2) is 5.46. The number of carboxylic acids is 1. The molecule has 1 N–H and O–H groups in total. The molecule has 0 bridgehead atoms. The van der Waals surface area contributed by atoms with Gasteiger partial charge in [-0.3, -0.25) is 4.90 Å². The highest BCUT2D eigenvalue weighted by Gasteiger charge is 2.10. The van der Waals surface area contributed by atoms with E-state index in [4.69, 9.17) is 5.11 Å². The molecular formula is C13H16N2O2S. The summed E-state index contributed by atoms with van der Waals surface area (Å²) in [4.78, 5) is 18.9. The Hall–Kier alpha value is -1.46. The number of fused-ring (bicyclic) bond motifs is 1. The number of aromatic nitrogens is 1. The maximum atomic E-state index is 10.9. The number of pyridine rings is 1.